The number of nitrogens with two attached hydrogens (primary N) is 1. The van der Waals surface area contributed by atoms with Crippen molar-refractivity contribution >= 4 is 11.6 Å². The Balaban J connectivity index is 2.81. The number of nitrogen functional groups attached to an aromatic ring is 1. The summed E-state index contributed by atoms with van der Waals surface area (Å²) in [6.07, 6.45) is 3.45. The molecule has 2 N–H and O–H groups in total. The number of hydrogen-bond acceptors (Lipinski definition) is 4. The molecule has 2 rings (SSSR count). The van der Waals surface area contributed by atoms with Crippen molar-refractivity contribution in [2.24, 2.45) is 0 Å². The van der Waals surface area contributed by atoms with Crippen LogP contribution in [-0.4, -0.2) is 19.6 Å². The highest BCUT2D eigenvalue weighted by molar-refractivity contribution is 5.49. The Morgan fingerprint density at radius 3 is 2.71 bits per heavy atom. The number of nitrogens with zero attached hydrogens (tertiary/aromatic N) is 4. The van der Waals surface area contributed by atoms with Gasteiger partial charge in [-0.25, -0.2) is 0 Å². The molecule has 2 heterocycles. The lowest BCUT2D eigenvalue weighted by molar-refractivity contribution is 0.564. The van der Waals surface area contributed by atoms with Crippen molar-refractivity contribution in [2.45, 2.75) is 26.2 Å². The fourth-order valence-electron chi connectivity index (χ4n) is 1.58. The SMILES string of the molecule is CC(C)(C)c1c(N)nc2nnccn12. The summed E-state index contributed by atoms with van der Waals surface area (Å²) in [6, 6.07) is 0. The summed E-state index contributed by atoms with van der Waals surface area (Å²) >= 11 is 0. The second-order valence-electron chi connectivity index (χ2n) is 4.28. The molecule has 0 spiro atoms. The predicted molar refractivity (Wildman–Crippen MR) is 53.9 cm³/mol. The fourth-order valence-corrected chi connectivity index (χ4v) is 1.58. The third-order valence-corrected chi connectivity index (χ3v) is 2.06. The van der Waals surface area contributed by atoms with E-state index in [1.54, 1.807) is 6.20 Å². The van der Waals surface area contributed by atoms with Gasteiger partial charge in [-0.3, -0.25) is 4.40 Å². The molecular formula is C9H13N5. The topological polar surface area (TPSA) is 69.1 Å². The molecule has 0 aromatic carbocycles. The molecule has 5 heteroatoms. The Hall–Kier alpha value is -1.65. The van der Waals surface area contributed by atoms with E-state index in [1.165, 1.54) is 0 Å². The molecule has 74 valence electrons. The lowest BCUT2D eigenvalue weighted by Crippen LogP contribution is -2.16. The molecule has 0 atom stereocenters. The van der Waals surface area contributed by atoms with E-state index < -0.39 is 0 Å². The molecule has 0 bridgehead atoms. The summed E-state index contributed by atoms with van der Waals surface area (Å²) in [5, 5.41) is 7.66. The van der Waals surface area contributed by atoms with E-state index >= 15 is 0 Å². The Bertz CT molecular complexity index is 465. The smallest absolute Gasteiger partial charge is 0.255 e. The van der Waals surface area contributed by atoms with E-state index in [4.69, 9.17) is 5.73 Å². The summed E-state index contributed by atoms with van der Waals surface area (Å²) < 4.78 is 1.88. The normalized spacial score (nSPS) is 12.2. The van der Waals surface area contributed by atoms with Crippen molar-refractivity contribution in [3.8, 4) is 0 Å². The number of rotatable bonds is 0. The van der Waals surface area contributed by atoms with Crippen LogP contribution in [0.25, 0.3) is 5.78 Å². The van der Waals surface area contributed by atoms with E-state index in [2.05, 4.69) is 36.0 Å². The molecule has 0 aliphatic carbocycles. The van der Waals surface area contributed by atoms with Gasteiger partial charge in [0.1, 0.15) is 5.82 Å². The van der Waals surface area contributed by atoms with Crippen LogP contribution in [0.5, 0.6) is 0 Å². The van der Waals surface area contributed by atoms with E-state index in [0.29, 0.717) is 11.6 Å². The zero-order valence-electron chi connectivity index (χ0n) is 8.52. The lowest BCUT2D eigenvalue weighted by Gasteiger charge is -2.18. The summed E-state index contributed by atoms with van der Waals surface area (Å²) in [6.45, 7) is 6.27. The molecule has 0 amide bonds. The zero-order chi connectivity index (χ0) is 10.3. The van der Waals surface area contributed by atoms with Crippen LogP contribution < -0.4 is 5.73 Å². The molecule has 0 fully saturated rings. The van der Waals surface area contributed by atoms with E-state index in [0.717, 1.165) is 5.69 Å². The van der Waals surface area contributed by atoms with Crippen LogP contribution in [0, 0.1) is 0 Å². The third-order valence-electron chi connectivity index (χ3n) is 2.06. The van der Waals surface area contributed by atoms with E-state index in [-0.39, 0.29) is 5.41 Å². The van der Waals surface area contributed by atoms with E-state index in [1.807, 2.05) is 10.6 Å². The molecule has 2 aromatic rings. The van der Waals surface area contributed by atoms with Crippen LogP contribution >= 0.6 is 0 Å². The van der Waals surface area contributed by atoms with Crippen molar-refractivity contribution < 1.29 is 0 Å². The molecular weight excluding hydrogens is 178 g/mol. The second kappa shape index (κ2) is 2.67. The first-order valence-electron chi connectivity index (χ1n) is 4.46. The van der Waals surface area contributed by atoms with E-state index in [9.17, 15) is 0 Å². The summed E-state index contributed by atoms with van der Waals surface area (Å²) in [5.41, 5.74) is 6.77. The first-order valence-corrected chi connectivity index (χ1v) is 4.46. The fraction of sp³-hybridized carbons (Fsp3) is 0.444. The van der Waals surface area contributed by atoms with Gasteiger partial charge in [0.2, 0.25) is 0 Å². The minimum atomic E-state index is -0.0491. The number of imidazole rings is 1. The average molecular weight is 191 g/mol. The maximum Gasteiger partial charge on any atom is 0.255 e. The molecule has 0 aliphatic heterocycles. The van der Waals surface area contributed by atoms with Gasteiger partial charge in [0.15, 0.2) is 0 Å². The minimum Gasteiger partial charge on any atom is -0.382 e. The maximum absolute atomic E-state index is 5.84. The molecule has 2 aromatic heterocycles. The van der Waals surface area contributed by atoms with Crippen LogP contribution in [0.3, 0.4) is 0 Å². The van der Waals surface area contributed by atoms with Crippen molar-refractivity contribution in [2.75, 3.05) is 5.73 Å². The lowest BCUT2D eigenvalue weighted by atomic mass is 9.92. The molecule has 0 saturated heterocycles. The largest absolute Gasteiger partial charge is 0.382 e. The molecule has 5 nitrogen and oxygen atoms in total. The van der Waals surface area contributed by atoms with Crippen LogP contribution in [0.1, 0.15) is 26.5 Å². The Kier molecular flexibility index (Phi) is 1.70. The average Bonchev–Trinajstić information content (AvgIpc) is 2.38. The first-order chi connectivity index (χ1) is 6.50. The molecule has 0 radical (unpaired) electrons. The molecule has 0 saturated carbocycles. The van der Waals surface area contributed by atoms with Crippen molar-refractivity contribution in [1.29, 1.82) is 0 Å². The van der Waals surface area contributed by atoms with Gasteiger partial charge in [0.25, 0.3) is 5.78 Å². The van der Waals surface area contributed by atoms with Gasteiger partial charge in [0.05, 0.1) is 11.9 Å². The van der Waals surface area contributed by atoms with Crippen molar-refractivity contribution in [3.63, 3.8) is 0 Å². The maximum atomic E-state index is 5.84. The highest BCUT2D eigenvalue weighted by atomic mass is 15.2. The number of anilines is 1. The van der Waals surface area contributed by atoms with Crippen LogP contribution in [-0.2, 0) is 5.41 Å². The highest BCUT2D eigenvalue weighted by Crippen LogP contribution is 2.27. The number of hydrogen-bond donors (Lipinski definition) is 1. The van der Waals surface area contributed by atoms with Gasteiger partial charge in [-0.15, -0.1) is 5.10 Å². The summed E-state index contributed by atoms with van der Waals surface area (Å²) in [4.78, 5) is 4.15. The summed E-state index contributed by atoms with van der Waals surface area (Å²) in [5.74, 6) is 1.08. The Morgan fingerprint density at radius 2 is 2.07 bits per heavy atom. The number of aromatic nitrogens is 4. The van der Waals surface area contributed by atoms with Gasteiger partial charge >= 0.3 is 0 Å². The van der Waals surface area contributed by atoms with Crippen LogP contribution in [0.4, 0.5) is 5.82 Å². The monoisotopic (exact) mass is 191 g/mol. The minimum absolute atomic E-state index is 0.0491. The molecule has 0 unspecified atom stereocenters. The van der Waals surface area contributed by atoms with Crippen molar-refractivity contribution in [3.05, 3.63) is 18.1 Å². The Morgan fingerprint density at radius 1 is 1.36 bits per heavy atom. The van der Waals surface area contributed by atoms with Crippen LogP contribution in [0.15, 0.2) is 12.4 Å². The standard InChI is InChI=1S/C9H13N5/c1-9(2,3)6-7(10)12-8-13-11-4-5-14(6)8/h4-5H,10H2,1-3H3. The number of fused-ring (bicyclic) bond motifs is 1. The molecule has 14 heavy (non-hydrogen) atoms. The van der Waals surface area contributed by atoms with Gasteiger partial charge in [-0.1, -0.05) is 20.8 Å². The first kappa shape index (κ1) is 8.93. The van der Waals surface area contributed by atoms with Gasteiger partial charge in [-0.2, -0.15) is 10.1 Å². The summed E-state index contributed by atoms with van der Waals surface area (Å²) in [7, 11) is 0. The quantitative estimate of drug-likeness (QED) is 0.674. The molecule has 0 aliphatic rings. The van der Waals surface area contributed by atoms with Crippen LogP contribution in [0.2, 0.25) is 0 Å². The van der Waals surface area contributed by atoms with Crippen molar-refractivity contribution in [1.82, 2.24) is 19.6 Å². The highest BCUT2D eigenvalue weighted by Gasteiger charge is 2.23. The Labute approximate surface area is 82.0 Å². The zero-order valence-corrected chi connectivity index (χ0v) is 8.52. The predicted octanol–water partition coefficient (Wildman–Crippen LogP) is 1.00. The third kappa shape index (κ3) is 1.21. The van der Waals surface area contributed by atoms with Gasteiger partial charge in [0, 0.05) is 11.6 Å². The second-order valence-corrected chi connectivity index (χ2v) is 4.28. The van der Waals surface area contributed by atoms with Gasteiger partial charge < -0.3 is 5.73 Å². The van der Waals surface area contributed by atoms with Gasteiger partial charge in [-0.05, 0) is 0 Å².